The molecule has 0 spiro atoms. The molecule has 2 rings (SSSR count). The first kappa shape index (κ1) is 19.1. The van der Waals surface area contributed by atoms with Gasteiger partial charge < -0.3 is 4.90 Å². The number of rotatable bonds is 8. The average Bonchev–Trinajstić information content (AvgIpc) is 3.09. The third-order valence-corrected chi connectivity index (χ3v) is 6.10. The van der Waals surface area contributed by atoms with Crippen molar-refractivity contribution in [3.63, 3.8) is 0 Å². The number of ketones is 1. The van der Waals surface area contributed by atoms with Gasteiger partial charge in [0, 0.05) is 43.1 Å². The monoisotopic (exact) mass is 350 g/mol. The minimum Gasteiger partial charge on any atom is -0.342 e. The van der Waals surface area contributed by atoms with Crippen LogP contribution in [0.2, 0.25) is 0 Å². The molecule has 0 bridgehead atoms. The van der Waals surface area contributed by atoms with Crippen molar-refractivity contribution >= 4 is 23.0 Å². The van der Waals surface area contributed by atoms with Gasteiger partial charge in [0.15, 0.2) is 0 Å². The normalized spacial score (nSPS) is 18.2. The predicted molar refractivity (Wildman–Crippen MR) is 98.4 cm³/mol. The van der Waals surface area contributed by atoms with Crippen molar-refractivity contribution in [1.82, 2.24) is 9.88 Å². The van der Waals surface area contributed by atoms with Gasteiger partial charge in [-0.3, -0.25) is 9.59 Å². The first-order valence-corrected chi connectivity index (χ1v) is 10.2. The molecule has 1 unspecified atom stereocenters. The Bertz CT molecular complexity index is 551. The van der Waals surface area contributed by atoms with Crippen LogP contribution in [0.15, 0.2) is 5.38 Å². The highest BCUT2D eigenvalue weighted by atomic mass is 32.1. The molecule has 2 heterocycles. The molecule has 0 N–H and O–H groups in total. The number of Topliss-reactive ketones (excluding diaryl/α,β-unsaturated/α-hetero) is 1. The largest absolute Gasteiger partial charge is 0.342 e. The zero-order chi connectivity index (χ0) is 17.5. The van der Waals surface area contributed by atoms with E-state index < -0.39 is 0 Å². The number of likely N-dealkylation sites (tertiary alicyclic amines) is 1. The molecule has 0 aliphatic carbocycles. The Morgan fingerprint density at radius 3 is 2.75 bits per heavy atom. The quantitative estimate of drug-likeness (QED) is 0.706. The number of aromatic nitrogens is 1. The van der Waals surface area contributed by atoms with Gasteiger partial charge in [0.2, 0.25) is 5.91 Å². The second kappa shape index (κ2) is 9.30. The maximum atomic E-state index is 12.6. The number of carbonyl (C=O) groups is 2. The second-order valence-electron chi connectivity index (χ2n) is 6.71. The Hall–Kier alpha value is -1.23. The molecule has 0 aromatic carbocycles. The fraction of sp³-hybridized carbons (Fsp3) is 0.737. The van der Waals surface area contributed by atoms with E-state index in [1.165, 1.54) is 0 Å². The van der Waals surface area contributed by atoms with Gasteiger partial charge in [-0.05, 0) is 32.1 Å². The number of thiazole rings is 1. The smallest absolute Gasteiger partial charge is 0.225 e. The molecule has 1 aliphatic rings. The van der Waals surface area contributed by atoms with Crippen LogP contribution in [0.1, 0.15) is 75.9 Å². The fourth-order valence-corrected chi connectivity index (χ4v) is 4.33. The number of carbonyl (C=O) groups excluding carboxylic acids is 2. The first-order chi connectivity index (χ1) is 11.6. The topological polar surface area (TPSA) is 50.3 Å². The Kier molecular flexibility index (Phi) is 7.40. The van der Waals surface area contributed by atoms with Gasteiger partial charge in [0.25, 0.3) is 0 Å². The third kappa shape index (κ3) is 4.88. The summed E-state index contributed by atoms with van der Waals surface area (Å²) in [5.41, 5.74) is 1.03. The lowest BCUT2D eigenvalue weighted by Gasteiger charge is -2.34. The Balaban J connectivity index is 1.96. The molecule has 24 heavy (non-hydrogen) atoms. The van der Waals surface area contributed by atoms with Crippen molar-refractivity contribution < 1.29 is 9.59 Å². The van der Waals surface area contributed by atoms with Gasteiger partial charge in [0.1, 0.15) is 5.78 Å². The number of hydrogen-bond acceptors (Lipinski definition) is 4. The standard InChI is InChI=1S/C19H30N2O2S/c1-4-14(5-2)19(23)21-11-7-8-15(12-21)18-20-16(13-24-18)9-10-17(22)6-3/h13-15H,4-12H2,1-3H3. The number of aryl methyl sites for hydroxylation is 1. The maximum absolute atomic E-state index is 12.6. The van der Waals surface area contributed by atoms with Crippen molar-refractivity contribution in [2.24, 2.45) is 5.92 Å². The maximum Gasteiger partial charge on any atom is 0.225 e. The van der Waals surface area contributed by atoms with Crippen LogP contribution in [0.5, 0.6) is 0 Å². The van der Waals surface area contributed by atoms with Crippen LogP contribution < -0.4 is 0 Å². The van der Waals surface area contributed by atoms with Crippen LogP contribution >= 0.6 is 11.3 Å². The number of hydrogen-bond donors (Lipinski definition) is 0. The van der Waals surface area contributed by atoms with Gasteiger partial charge in [-0.2, -0.15) is 0 Å². The highest BCUT2D eigenvalue weighted by molar-refractivity contribution is 7.09. The average molecular weight is 351 g/mol. The van der Waals surface area contributed by atoms with Crippen LogP contribution in [0.25, 0.3) is 0 Å². The van der Waals surface area contributed by atoms with Crippen molar-refractivity contribution in [2.45, 2.75) is 71.6 Å². The summed E-state index contributed by atoms with van der Waals surface area (Å²) in [6, 6.07) is 0. The lowest BCUT2D eigenvalue weighted by Crippen LogP contribution is -2.42. The van der Waals surface area contributed by atoms with Crippen molar-refractivity contribution in [2.75, 3.05) is 13.1 Å². The minimum absolute atomic E-state index is 0.163. The zero-order valence-electron chi connectivity index (χ0n) is 15.2. The van der Waals surface area contributed by atoms with E-state index in [0.717, 1.165) is 55.9 Å². The van der Waals surface area contributed by atoms with Crippen LogP contribution in [0.3, 0.4) is 0 Å². The van der Waals surface area contributed by atoms with E-state index in [4.69, 9.17) is 4.98 Å². The first-order valence-electron chi connectivity index (χ1n) is 9.33. The van der Waals surface area contributed by atoms with Gasteiger partial charge >= 0.3 is 0 Å². The van der Waals surface area contributed by atoms with Gasteiger partial charge in [-0.15, -0.1) is 11.3 Å². The summed E-state index contributed by atoms with van der Waals surface area (Å²) in [5, 5.41) is 3.22. The molecule has 5 heteroatoms. The van der Waals surface area contributed by atoms with Gasteiger partial charge in [0.05, 0.1) is 10.7 Å². The van der Waals surface area contributed by atoms with Crippen molar-refractivity contribution in [3.8, 4) is 0 Å². The highest BCUT2D eigenvalue weighted by Crippen LogP contribution is 2.30. The predicted octanol–water partition coefficient (Wildman–Crippen LogP) is 4.20. The molecule has 1 aliphatic heterocycles. The fourth-order valence-electron chi connectivity index (χ4n) is 3.34. The summed E-state index contributed by atoms with van der Waals surface area (Å²) in [4.78, 5) is 30.9. The van der Waals surface area contributed by atoms with E-state index in [1.54, 1.807) is 11.3 Å². The molecule has 4 nitrogen and oxygen atoms in total. The number of nitrogens with zero attached hydrogens (tertiary/aromatic N) is 2. The molecule has 0 radical (unpaired) electrons. The van der Waals surface area contributed by atoms with Crippen LogP contribution in [-0.4, -0.2) is 34.7 Å². The van der Waals surface area contributed by atoms with Crippen LogP contribution in [-0.2, 0) is 16.0 Å². The van der Waals surface area contributed by atoms with Crippen molar-refractivity contribution in [1.29, 1.82) is 0 Å². The Morgan fingerprint density at radius 1 is 1.33 bits per heavy atom. The van der Waals surface area contributed by atoms with E-state index in [1.807, 2.05) is 11.8 Å². The molecule has 134 valence electrons. The lowest BCUT2D eigenvalue weighted by atomic mass is 9.95. The number of piperidine rings is 1. The summed E-state index contributed by atoms with van der Waals surface area (Å²) in [6.45, 7) is 7.78. The Labute approximate surface area is 149 Å². The van der Waals surface area contributed by atoms with E-state index in [2.05, 4.69) is 19.2 Å². The summed E-state index contributed by atoms with van der Waals surface area (Å²) < 4.78 is 0. The summed E-state index contributed by atoms with van der Waals surface area (Å²) in [7, 11) is 0. The minimum atomic E-state index is 0.163. The molecular formula is C19H30N2O2S. The number of amides is 1. The summed E-state index contributed by atoms with van der Waals surface area (Å²) >= 11 is 1.69. The van der Waals surface area contributed by atoms with E-state index in [-0.39, 0.29) is 5.92 Å². The molecule has 1 saturated heterocycles. The molecule has 0 saturated carbocycles. The van der Waals surface area contributed by atoms with Crippen LogP contribution in [0.4, 0.5) is 0 Å². The van der Waals surface area contributed by atoms with E-state index in [0.29, 0.717) is 30.4 Å². The van der Waals surface area contributed by atoms with E-state index >= 15 is 0 Å². The van der Waals surface area contributed by atoms with Gasteiger partial charge in [-0.1, -0.05) is 20.8 Å². The van der Waals surface area contributed by atoms with Gasteiger partial charge in [-0.25, -0.2) is 4.98 Å². The summed E-state index contributed by atoms with van der Waals surface area (Å²) in [6.07, 6.45) is 5.93. The molecule has 1 aromatic heterocycles. The van der Waals surface area contributed by atoms with E-state index in [9.17, 15) is 9.59 Å². The molecule has 1 atom stereocenters. The SMILES string of the molecule is CCC(=O)CCc1csc(C2CCCN(C(=O)C(CC)CC)C2)n1. The lowest BCUT2D eigenvalue weighted by molar-refractivity contribution is -0.137. The van der Waals surface area contributed by atoms with Crippen molar-refractivity contribution in [3.05, 3.63) is 16.1 Å². The third-order valence-electron chi connectivity index (χ3n) is 5.04. The second-order valence-corrected chi connectivity index (χ2v) is 7.60. The molecular weight excluding hydrogens is 320 g/mol. The molecule has 1 fully saturated rings. The highest BCUT2D eigenvalue weighted by Gasteiger charge is 2.29. The Morgan fingerprint density at radius 2 is 2.08 bits per heavy atom. The molecule has 1 amide bonds. The summed E-state index contributed by atoms with van der Waals surface area (Å²) in [5.74, 6) is 1.13. The zero-order valence-corrected chi connectivity index (χ0v) is 16.0. The molecule has 1 aromatic rings. The van der Waals surface area contributed by atoms with Crippen LogP contribution in [0, 0.1) is 5.92 Å².